The molecule has 2 heterocycles. The smallest absolute Gasteiger partial charge is 0.339 e. The summed E-state index contributed by atoms with van der Waals surface area (Å²) in [7, 11) is 0. The minimum absolute atomic E-state index is 0.243. The third-order valence-electron chi connectivity index (χ3n) is 6.78. The van der Waals surface area contributed by atoms with Crippen molar-refractivity contribution < 1.29 is 52.0 Å². The van der Waals surface area contributed by atoms with Crippen LogP contribution in [0, 0.1) is 6.92 Å². The molecule has 0 amide bonds. The largest absolute Gasteiger partial charge is 0.463 e. The van der Waals surface area contributed by atoms with Crippen LogP contribution in [-0.2, 0) is 55.7 Å². The van der Waals surface area contributed by atoms with E-state index in [4.69, 9.17) is 32.8 Å². The van der Waals surface area contributed by atoms with Crippen molar-refractivity contribution in [3.63, 3.8) is 0 Å². The van der Waals surface area contributed by atoms with Crippen LogP contribution in [-0.4, -0.2) is 61.2 Å². The number of hydrogen-bond acceptors (Lipinski definition) is 12. The van der Waals surface area contributed by atoms with Gasteiger partial charge in [-0.25, -0.2) is 4.79 Å². The number of hydrogen-bond donors (Lipinski definition) is 0. The van der Waals surface area contributed by atoms with Gasteiger partial charge in [-0.3, -0.25) is 19.2 Å². The molecule has 2 aromatic rings. The molecule has 216 valence electrons. The lowest BCUT2D eigenvalue weighted by atomic mass is 9.90. The first-order valence-corrected chi connectivity index (χ1v) is 13.0. The molecule has 1 aromatic carbocycles. The lowest BCUT2D eigenvalue weighted by molar-refractivity contribution is -0.288. The van der Waals surface area contributed by atoms with Crippen LogP contribution >= 0.6 is 0 Å². The van der Waals surface area contributed by atoms with Crippen molar-refractivity contribution in [2.75, 3.05) is 6.61 Å². The molecule has 0 saturated carbocycles. The van der Waals surface area contributed by atoms with Gasteiger partial charge in [0.2, 0.25) is 12.4 Å². The van der Waals surface area contributed by atoms with Crippen LogP contribution in [0.5, 0.6) is 5.75 Å². The first-order valence-electron chi connectivity index (χ1n) is 13.0. The number of fused-ring (bicyclic) bond motifs is 3. The standard InChI is InChI=1S/C28H32O12/c1-13-21(11-10-19-18-8-6-7-9-20(18)27(33)40-23(13)19)38-28-26(37-17(5)32)25(36-16(4)31)24(35-15(3)30)22(39-28)12-34-14(2)29/h10-11,22,24-26,28H,6-9,12H2,1-5H3. The molecule has 1 saturated heterocycles. The quantitative estimate of drug-likeness (QED) is 0.278. The van der Waals surface area contributed by atoms with Gasteiger partial charge in [-0.1, -0.05) is 0 Å². The Balaban J connectivity index is 1.76. The molecule has 5 unspecified atom stereocenters. The van der Waals surface area contributed by atoms with E-state index < -0.39 is 60.2 Å². The topological polar surface area (TPSA) is 154 Å². The summed E-state index contributed by atoms with van der Waals surface area (Å²) < 4.78 is 39.3. The summed E-state index contributed by atoms with van der Waals surface area (Å²) in [6.07, 6.45) is -3.29. The molecule has 2 aliphatic rings. The number of esters is 4. The lowest BCUT2D eigenvalue weighted by Gasteiger charge is -2.44. The van der Waals surface area contributed by atoms with Crippen molar-refractivity contribution in [1.82, 2.24) is 0 Å². The van der Waals surface area contributed by atoms with Gasteiger partial charge in [0, 0.05) is 44.2 Å². The van der Waals surface area contributed by atoms with E-state index in [1.165, 1.54) is 6.92 Å². The van der Waals surface area contributed by atoms with Gasteiger partial charge in [0.25, 0.3) is 0 Å². The number of aryl methyl sites for hydroxylation is 2. The van der Waals surface area contributed by atoms with Crippen LogP contribution in [0.4, 0.5) is 0 Å². The second-order valence-corrected chi connectivity index (χ2v) is 9.80. The number of benzene rings is 1. The molecule has 12 nitrogen and oxygen atoms in total. The average molecular weight is 561 g/mol. The van der Waals surface area contributed by atoms with Crippen molar-refractivity contribution in [2.24, 2.45) is 0 Å². The Labute approximate surface area is 229 Å². The number of ether oxygens (including phenoxy) is 6. The third-order valence-corrected chi connectivity index (χ3v) is 6.78. The van der Waals surface area contributed by atoms with Crippen molar-refractivity contribution in [2.45, 2.75) is 91.0 Å². The summed E-state index contributed by atoms with van der Waals surface area (Å²) in [6.45, 7) is 5.94. The van der Waals surface area contributed by atoms with Crippen molar-refractivity contribution in [3.05, 3.63) is 39.2 Å². The summed E-state index contributed by atoms with van der Waals surface area (Å²) in [6, 6.07) is 3.47. The Hall–Kier alpha value is -3.93. The Morgan fingerprint density at radius 2 is 1.43 bits per heavy atom. The van der Waals surface area contributed by atoms with Crippen molar-refractivity contribution in [1.29, 1.82) is 0 Å². The summed E-state index contributed by atoms with van der Waals surface area (Å²) in [5.74, 6) is -2.61. The van der Waals surface area contributed by atoms with Gasteiger partial charge in [0.1, 0.15) is 24.0 Å². The molecule has 5 atom stereocenters. The fourth-order valence-electron chi connectivity index (χ4n) is 5.16. The van der Waals surface area contributed by atoms with E-state index in [2.05, 4.69) is 0 Å². The van der Waals surface area contributed by atoms with Crippen molar-refractivity contribution in [3.8, 4) is 5.75 Å². The van der Waals surface area contributed by atoms with Crippen LogP contribution < -0.4 is 10.4 Å². The predicted octanol–water partition coefficient (Wildman–Crippen LogP) is 2.44. The van der Waals surface area contributed by atoms with Gasteiger partial charge in [0.15, 0.2) is 12.2 Å². The van der Waals surface area contributed by atoms with Gasteiger partial charge in [-0.2, -0.15) is 0 Å². The van der Waals surface area contributed by atoms with Gasteiger partial charge >= 0.3 is 29.5 Å². The van der Waals surface area contributed by atoms with E-state index in [1.807, 2.05) is 0 Å². The second-order valence-electron chi connectivity index (χ2n) is 9.80. The molecule has 0 spiro atoms. The van der Waals surface area contributed by atoms with E-state index in [-0.39, 0.29) is 12.4 Å². The van der Waals surface area contributed by atoms with Gasteiger partial charge in [-0.05, 0) is 50.3 Å². The Bertz CT molecular complexity index is 1380. The van der Waals surface area contributed by atoms with E-state index in [1.54, 1.807) is 19.1 Å². The Morgan fingerprint density at radius 3 is 2.05 bits per heavy atom. The SMILES string of the molecule is CC(=O)OCC1OC(Oc2ccc3c4c(c(=O)oc3c2C)CCCC4)C(OC(C)=O)C(OC(C)=O)C1OC(C)=O. The van der Waals surface area contributed by atoms with Crippen LogP contribution in [0.2, 0.25) is 0 Å². The Morgan fingerprint density at radius 1 is 0.825 bits per heavy atom. The molecule has 12 heteroatoms. The monoisotopic (exact) mass is 560 g/mol. The van der Waals surface area contributed by atoms with Crippen LogP contribution in [0.1, 0.15) is 57.2 Å². The molecule has 0 bridgehead atoms. The zero-order valence-corrected chi connectivity index (χ0v) is 23.0. The van der Waals surface area contributed by atoms with Gasteiger partial charge < -0.3 is 32.8 Å². The van der Waals surface area contributed by atoms with E-state index in [0.717, 1.165) is 51.0 Å². The molecule has 4 rings (SSSR count). The second kappa shape index (κ2) is 12.1. The average Bonchev–Trinajstić information content (AvgIpc) is 2.87. The third kappa shape index (κ3) is 6.27. The van der Waals surface area contributed by atoms with Crippen LogP contribution in [0.25, 0.3) is 11.0 Å². The highest BCUT2D eigenvalue weighted by Gasteiger charge is 2.53. The molecule has 1 aliphatic carbocycles. The molecule has 1 aliphatic heterocycles. The zero-order chi connectivity index (χ0) is 29.1. The minimum atomic E-state index is -1.40. The summed E-state index contributed by atoms with van der Waals surface area (Å²) >= 11 is 0. The predicted molar refractivity (Wildman–Crippen MR) is 136 cm³/mol. The molecule has 0 radical (unpaired) electrons. The summed E-state index contributed by atoms with van der Waals surface area (Å²) in [5.41, 5.74) is 2.10. The fraction of sp³-hybridized carbons (Fsp3) is 0.536. The maximum Gasteiger partial charge on any atom is 0.339 e. The minimum Gasteiger partial charge on any atom is -0.463 e. The number of carbonyl (C=O) groups is 4. The van der Waals surface area contributed by atoms with Gasteiger partial charge in [0.05, 0.1) is 0 Å². The summed E-state index contributed by atoms with van der Waals surface area (Å²) in [5, 5.41) is 0.806. The van der Waals surface area contributed by atoms with E-state index in [9.17, 15) is 24.0 Å². The number of carbonyl (C=O) groups excluding carboxylic acids is 4. The Kier molecular flexibility index (Phi) is 8.77. The number of rotatable bonds is 7. The maximum atomic E-state index is 12.7. The van der Waals surface area contributed by atoms with Crippen LogP contribution in [0.15, 0.2) is 21.3 Å². The van der Waals surface area contributed by atoms with Crippen molar-refractivity contribution >= 4 is 34.8 Å². The first-order chi connectivity index (χ1) is 19.0. The highest BCUT2D eigenvalue weighted by molar-refractivity contribution is 5.86. The normalized spacial score (nSPS) is 24.0. The molecular weight excluding hydrogens is 528 g/mol. The summed E-state index contributed by atoms with van der Waals surface area (Å²) in [4.78, 5) is 60.3. The first kappa shape index (κ1) is 29.1. The highest BCUT2D eigenvalue weighted by atomic mass is 16.7. The molecule has 1 fully saturated rings. The van der Waals surface area contributed by atoms with E-state index in [0.29, 0.717) is 23.1 Å². The van der Waals surface area contributed by atoms with Crippen LogP contribution in [0.3, 0.4) is 0 Å². The molecule has 1 aromatic heterocycles. The highest BCUT2D eigenvalue weighted by Crippen LogP contribution is 2.36. The lowest BCUT2D eigenvalue weighted by Crippen LogP contribution is -2.63. The van der Waals surface area contributed by atoms with Gasteiger partial charge in [-0.15, -0.1) is 0 Å². The molecular formula is C28H32O12. The van der Waals surface area contributed by atoms with E-state index >= 15 is 0 Å². The zero-order valence-electron chi connectivity index (χ0n) is 23.0. The fourth-order valence-corrected chi connectivity index (χ4v) is 5.16. The maximum absolute atomic E-state index is 12.7. The molecule has 40 heavy (non-hydrogen) atoms. The molecule has 0 N–H and O–H groups in total.